The molecule has 1 saturated heterocycles. The Morgan fingerprint density at radius 1 is 1.10 bits per heavy atom. The Labute approximate surface area is 172 Å². The molecule has 0 bridgehead atoms. The molecular formula is C24H30F2N2O. The molecule has 1 amide bonds. The summed E-state index contributed by atoms with van der Waals surface area (Å²) in [5.41, 5.74) is 1.26. The van der Waals surface area contributed by atoms with E-state index in [-0.39, 0.29) is 17.5 Å². The predicted octanol–water partition coefficient (Wildman–Crippen LogP) is 5.32. The van der Waals surface area contributed by atoms with E-state index in [2.05, 4.69) is 11.8 Å². The van der Waals surface area contributed by atoms with Crippen LogP contribution < -0.4 is 0 Å². The quantitative estimate of drug-likeness (QED) is 0.628. The second-order valence-corrected chi connectivity index (χ2v) is 7.96. The second-order valence-electron chi connectivity index (χ2n) is 7.96. The number of halogens is 2. The van der Waals surface area contributed by atoms with Crippen molar-refractivity contribution in [3.05, 3.63) is 71.3 Å². The average Bonchev–Trinajstić information content (AvgIpc) is 2.73. The van der Waals surface area contributed by atoms with Crippen molar-refractivity contribution in [2.24, 2.45) is 0 Å². The molecule has 1 heterocycles. The maximum atomic E-state index is 13.8. The molecule has 5 heteroatoms. The first-order valence-corrected chi connectivity index (χ1v) is 10.4. The lowest BCUT2D eigenvalue weighted by Crippen LogP contribution is -2.47. The molecule has 0 saturated carbocycles. The maximum Gasteiger partial charge on any atom is 0.270 e. The molecule has 156 valence electrons. The summed E-state index contributed by atoms with van der Waals surface area (Å²) >= 11 is 0. The molecule has 1 fully saturated rings. The SMILES string of the molecule is CCCN1CCC(N(Cc2ccccc2)C(=O)c2cccc(C(C)(F)F)c2)CC1. The Balaban J connectivity index is 1.84. The molecule has 3 rings (SSSR count). The molecule has 0 unspecified atom stereocenters. The molecule has 0 atom stereocenters. The molecule has 2 aromatic rings. The van der Waals surface area contributed by atoms with Crippen LogP contribution in [0, 0.1) is 0 Å². The number of hydrogen-bond acceptors (Lipinski definition) is 2. The van der Waals surface area contributed by atoms with Gasteiger partial charge in [-0.2, -0.15) is 0 Å². The van der Waals surface area contributed by atoms with Crippen molar-refractivity contribution < 1.29 is 13.6 Å². The zero-order valence-electron chi connectivity index (χ0n) is 17.3. The summed E-state index contributed by atoms with van der Waals surface area (Å²) in [6.45, 7) is 6.53. The first-order chi connectivity index (χ1) is 13.9. The first-order valence-electron chi connectivity index (χ1n) is 10.4. The largest absolute Gasteiger partial charge is 0.331 e. The maximum absolute atomic E-state index is 13.8. The molecule has 0 aromatic heterocycles. The van der Waals surface area contributed by atoms with Crippen LogP contribution >= 0.6 is 0 Å². The minimum Gasteiger partial charge on any atom is -0.331 e. The number of alkyl halides is 2. The minimum atomic E-state index is -2.97. The van der Waals surface area contributed by atoms with Gasteiger partial charge in [-0.05, 0) is 43.5 Å². The van der Waals surface area contributed by atoms with E-state index in [0.717, 1.165) is 51.4 Å². The second kappa shape index (κ2) is 9.49. The van der Waals surface area contributed by atoms with E-state index in [1.54, 1.807) is 12.1 Å². The van der Waals surface area contributed by atoms with E-state index in [9.17, 15) is 13.6 Å². The number of likely N-dealkylation sites (tertiary alicyclic amines) is 1. The van der Waals surface area contributed by atoms with Crippen molar-refractivity contribution in [1.82, 2.24) is 9.80 Å². The van der Waals surface area contributed by atoms with E-state index in [0.29, 0.717) is 12.1 Å². The van der Waals surface area contributed by atoms with Gasteiger partial charge in [0.05, 0.1) is 0 Å². The Kier molecular flexibility index (Phi) is 7.01. The van der Waals surface area contributed by atoms with Crippen LogP contribution in [-0.2, 0) is 12.5 Å². The normalized spacial score (nSPS) is 16.0. The smallest absolute Gasteiger partial charge is 0.270 e. The third-order valence-corrected chi connectivity index (χ3v) is 5.61. The lowest BCUT2D eigenvalue weighted by atomic mass is 9.99. The highest BCUT2D eigenvalue weighted by atomic mass is 19.3. The van der Waals surface area contributed by atoms with Crippen molar-refractivity contribution in [3.8, 4) is 0 Å². The summed E-state index contributed by atoms with van der Waals surface area (Å²) in [6, 6.07) is 15.9. The van der Waals surface area contributed by atoms with Gasteiger partial charge in [-0.25, -0.2) is 8.78 Å². The molecule has 0 aliphatic carbocycles. The zero-order chi connectivity index (χ0) is 20.9. The summed E-state index contributed by atoms with van der Waals surface area (Å²) in [4.78, 5) is 17.7. The van der Waals surface area contributed by atoms with Gasteiger partial charge in [-0.15, -0.1) is 0 Å². The molecule has 3 nitrogen and oxygen atoms in total. The molecule has 0 radical (unpaired) electrons. The van der Waals surface area contributed by atoms with E-state index in [1.807, 2.05) is 35.2 Å². The zero-order valence-corrected chi connectivity index (χ0v) is 17.3. The minimum absolute atomic E-state index is 0.113. The summed E-state index contributed by atoms with van der Waals surface area (Å²) in [5.74, 6) is -3.14. The number of carbonyl (C=O) groups is 1. The van der Waals surface area contributed by atoms with E-state index in [4.69, 9.17) is 0 Å². The number of carbonyl (C=O) groups excluding carboxylic acids is 1. The molecule has 0 N–H and O–H groups in total. The van der Waals surface area contributed by atoms with Gasteiger partial charge in [0.1, 0.15) is 0 Å². The van der Waals surface area contributed by atoms with Gasteiger partial charge >= 0.3 is 0 Å². The van der Waals surface area contributed by atoms with Gasteiger partial charge in [0.15, 0.2) is 0 Å². The number of piperidine rings is 1. The molecule has 29 heavy (non-hydrogen) atoms. The Hall–Kier alpha value is -2.27. The standard InChI is InChI=1S/C24H30F2N2O/c1-3-14-27-15-12-22(13-16-27)28(18-19-8-5-4-6-9-19)23(29)20-10-7-11-21(17-20)24(2,25)26/h4-11,17,22H,3,12-16,18H2,1-2H3. The fraction of sp³-hybridized carbons (Fsp3) is 0.458. The van der Waals surface area contributed by atoms with Crippen LogP contribution in [0.3, 0.4) is 0 Å². The fourth-order valence-corrected chi connectivity index (χ4v) is 4.01. The van der Waals surface area contributed by atoms with Crippen LogP contribution in [-0.4, -0.2) is 41.4 Å². The van der Waals surface area contributed by atoms with E-state index >= 15 is 0 Å². The van der Waals surface area contributed by atoms with Gasteiger partial charge in [-0.3, -0.25) is 4.79 Å². The van der Waals surface area contributed by atoms with Gasteiger partial charge in [0, 0.05) is 43.7 Å². The monoisotopic (exact) mass is 400 g/mol. The highest BCUT2D eigenvalue weighted by molar-refractivity contribution is 5.94. The Bertz CT molecular complexity index is 796. The van der Waals surface area contributed by atoms with Crippen LogP contribution in [0.2, 0.25) is 0 Å². The summed E-state index contributed by atoms with van der Waals surface area (Å²) in [7, 11) is 0. The number of nitrogens with zero attached hydrogens (tertiary/aromatic N) is 2. The number of hydrogen-bond donors (Lipinski definition) is 0. The average molecular weight is 401 g/mol. The van der Waals surface area contributed by atoms with Crippen molar-refractivity contribution in [2.75, 3.05) is 19.6 Å². The van der Waals surface area contributed by atoms with Crippen LogP contribution in [0.4, 0.5) is 8.78 Å². The highest BCUT2D eigenvalue weighted by Gasteiger charge is 2.30. The summed E-state index contributed by atoms with van der Waals surface area (Å²) in [6.07, 6.45) is 2.93. The topological polar surface area (TPSA) is 23.6 Å². The van der Waals surface area contributed by atoms with Crippen molar-refractivity contribution in [2.45, 2.75) is 51.6 Å². The van der Waals surface area contributed by atoms with Gasteiger partial charge < -0.3 is 9.80 Å². The van der Waals surface area contributed by atoms with Gasteiger partial charge in [-0.1, -0.05) is 49.4 Å². The number of rotatable bonds is 7. The fourth-order valence-electron chi connectivity index (χ4n) is 4.01. The van der Waals surface area contributed by atoms with Crippen LogP contribution in [0.15, 0.2) is 54.6 Å². The van der Waals surface area contributed by atoms with Gasteiger partial charge in [0.2, 0.25) is 0 Å². The Morgan fingerprint density at radius 3 is 2.41 bits per heavy atom. The molecule has 0 spiro atoms. The van der Waals surface area contributed by atoms with Crippen LogP contribution in [0.1, 0.15) is 54.6 Å². The molecular weight excluding hydrogens is 370 g/mol. The summed E-state index contributed by atoms with van der Waals surface area (Å²) in [5, 5.41) is 0. The predicted molar refractivity (Wildman–Crippen MR) is 112 cm³/mol. The lowest BCUT2D eigenvalue weighted by molar-refractivity contribution is 0.0173. The van der Waals surface area contributed by atoms with E-state index < -0.39 is 5.92 Å². The van der Waals surface area contributed by atoms with Gasteiger partial charge in [0.25, 0.3) is 11.8 Å². The van der Waals surface area contributed by atoms with Crippen molar-refractivity contribution in [1.29, 1.82) is 0 Å². The molecule has 2 aromatic carbocycles. The summed E-state index contributed by atoms with van der Waals surface area (Å²) < 4.78 is 27.6. The number of amides is 1. The highest BCUT2D eigenvalue weighted by Crippen LogP contribution is 2.28. The third-order valence-electron chi connectivity index (χ3n) is 5.61. The van der Waals surface area contributed by atoms with Crippen molar-refractivity contribution in [3.63, 3.8) is 0 Å². The first kappa shape index (κ1) is 21.4. The van der Waals surface area contributed by atoms with E-state index in [1.165, 1.54) is 12.1 Å². The molecule has 1 aliphatic rings. The Morgan fingerprint density at radius 2 is 1.79 bits per heavy atom. The van der Waals surface area contributed by atoms with Crippen LogP contribution in [0.25, 0.3) is 0 Å². The lowest BCUT2D eigenvalue weighted by Gasteiger charge is -2.38. The molecule has 1 aliphatic heterocycles. The van der Waals surface area contributed by atoms with Crippen LogP contribution in [0.5, 0.6) is 0 Å². The number of benzene rings is 2. The van der Waals surface area contributed by atoms with Crippen molar-refractivity contribution >= 4 is 5.91 Å². The third kappa shape index (κ3) is 5.63.